The molecule has 0 aromatic heterocycles. The monoisotopic (exact) mass is 582 g/mol. The fourth-order valence-electron chi connectivity index (χ4n) is 4.23. The van der Waals surface area contributed by atoms with Gasteiger partial charge < -0.3 is 30.0 Å². The third-order valence-corrected chi connectivity index (χ3v) is 6.71. The van der Waals surface area contributed by atoms with Crippen molar-refractivity contribution in [3.05, 3.63) is 131 Å². The molecule has 2 amide bonds. The molecular weight excluding hydrogens is 540 g/mol. The van der Waals surface area contributed by atoms with E-state index in [1.165, 1.54) is 0 Å². The fourth-order valence-corrected chi connectivity index (χ4v) is 4.23. The number of aliphatic hydroxyl groups is 1. The Labute approximate surface area is 255 Å². The number of hydrogen-bond acceptors (Lipinski definition) is 5. The molecule has 1 unspecified atom stereocenters. The lowest BCUT2D eigenvalue weighted by Crippen LogP contribution is -2.34. The van der Waals surface area contributed by atoms with Crippen LogP contribution in [0.1, 0.15) is 34.2 Å². The van der Waals surface area contributed by atoms with Gasteiger partial charge >= 0.3 is 6.03 Å². The lowest BCUT2D eigenvalue weighted by atomic mass is 10.0. The molecule has 1 atom stereocenters. The highest BCUT2D eigenvalue weighted by Crippen LogP contribution is 2.28. The molecule has 4 aromatic carbocycles. The van der Waals surface area contributed by atoms with Crippen molar-refractivity contribution in [1.29, 1.82) is 0 Å². The van der Waals surface area contributed by atoms with Crippen molar-refractivity contribution in [3.63, 3.8) is 0 Å². The molecule has 3 N–H and O–H groups in total. The van der Waals surface area contributed by atoms with Crippen molar-refractivity contribution in [2.45, 2.75) is 39.0 Å². The Kier molecular flexibility index (Phi) is 13.7. The zero-order valence-electron chi connectivity index (χ0n) is 25.4. The van der Waals surface area contributed by atoms with Gasteiger partial charge in [0.1, 0.15) is 5.75 Å². The number of aliphatic hydroxyl groups excluding tert-OH is 1. The van der Waals surface area contributed by atoms with Gasteiger partial charge in [-0.25, -0.2) is 4.79 Å². The van der Waals surface area contributed by atoms with Crippen LogP contribution in [0, 0.1) is 6.92 Å². The second-order valence-electron chi connectivity index (χ2n) is 9.89. The van der Waals surface area contributed by atoms with E-state index in [2.05, 4.69) is 16.7 Å². The number of hydrogen-bond donors (Lipinski definition) is 3. The average Bonchev–Trinajstić information content (AvgIpc) is 3.06. The van der Waals surface area contributed by atoms with Crippen LogP contribution in [-0.2, 0) is 19.5 Å². The van der Waals surface area contributed by atoms with Crippen molar-refractivity contribution in [3.8, 4) is 17.2 Å². The van der Waals surface area contributed by atoms with Gasteiger partial charge in [-0.05, 0) is 65.8 Å². The second-order valence-corrected chi connectivity index (χ2v) is 9.89. The Balaban J connectivity index is 0.000000248. The van der Waals surface area contributed by atoms with Crippen LogP contribution in [-0.4, -0.2) is 38.6 Å². The highest BCUT2D eigenvalue weighted by atomic mass is 16.5. The molecule has 0 radical (unpaired) electrons. The molecular formula is C36H42N2O5. The van der Waals surface area contributed by atoms with Crippen LogP contribution in [0.5, 0.6) is 17.2 Å². The van der Waals surface area contributed by atoms with Gasteiger partial charge in [0.15, 0.2) is 11.5 Å². The number of ether oxygens (including phenoxy) is 3. The highest BCUT2D eigenvalue weighted by Gasteiger charge is 2.06. The number of rotatable bonds is 12. The van der Waals surface area contributed by atoms with Crippen LogP contribution in [0.3, 0.4) is 0 Å². The van der Waals surface area contributed by atoms with E-state index in [0.717, 1.165) is 40.0 Å². The third-order valence-electron chi connectivity index (χ3n) is 6.71. The molecule has 226 valence electrons. The zero-order valence-corrected chi connectivity index (χ0v) is 25.4. The summed E-state index contributed by atoms with van der Waals surface area (Å²) in [7, 11) is 4.89. The SMILES string of the molecule is COc1cc(CCC(O)/C=C/c2ccc(OC)c(OC)c2)ccc1C.O=C(NCc1ccccc1)NCc1ccccc1. The van der Waals surface area contributed by atoms with E-state index in [0.29, 0.717) is 31.0 Å². The summed E-state index contributed by atoms with van der Waals surface area (Å²) in [5.74, 6) is 2.24. The topological polar surface area (TPSA) is 89.1 Å². The molecule has 0 aliphatic heterocycles. The summed E-state index contributed by atoms with van der Waals surface area (Å²) in [6, 6.07) is 31.3. The van der Waals surface area contributed by atoms with Crippen molar-refractivity contribution < 1.29 is 24.1 Å². The predicted molar refractivity (Wildman–Crippen MR) is 173 cm³/mol. The number of nitrogens with one attached hydrogen (secondary N) is 2. The van der Waals surface area contributed by atoms with E-state index in [1.807, 2.05) is 104 Å². The van der Waals surface area contributed by atoms with E-state index in [-0.39, 0.29) is 6.03 Å². The third kappa shape index (κ3) is 11.6. The maximum Gasteiger partial charge on any atom is 0.315 e. The standard InChI is InChI=1S/C21H26O4.C15H16N2O/c1-15-5-6-16(13-20(15)24-3)7-10-18(22)11-8-17-9-12-19(23-2)21(14-17)25-4;18-15(16-11-13-7-3-1-4-8-13)17-12-14-9-5-2-6-10-14/h5-6,8-9,11-14,18,22H,7,10H2,1-4H3;1-10H,11-12H2,(H2,16,17,18)/b11-8+;. The zero-order chi connectivity index (χ0) is 30.9. The molecule has 7 heteroatoms. The van der Waals surface area contributed by atoms with Gasteiger partial charge in [0.2, 0.25) is 0 Å². The first-order chi connectivity index (χ1) is 20.9. The summed E-state index contributed by atoms with van der Waals surface area (Å²) in [5, 5.41) is 15.8. The maximum absolute atomic E-state index is 11.6. The van der Waals surface area contributed by atoms with Crippen molar-refractivity contribution in [2.24, 2.45) is 0 Å². The molecule has 43 heavy (non-hydrogen) atoms. The molecule has 0 saturated carbocycles. The molecule has 0 aliphatic rings. The average molecular weight is 583 g/mol. The highest BCUT2D eigenvalue weighted by molar-refractivity contribution is 5.73. The fraction of sp³-hybridized carbons (Fsp3) is 0.250. The lowest BCUT2D eigenvalue weighted by Gasteiger charge is -2.10. The van der Waals surface area contributed by atoms with Gasteiger partial charge in [0.25, 0.3) is 0 Å². The van der Waals surface area contributed by atoms with E-state index < -0.39 is 6.10 Å². The smallest absolute Gasteiger partial charge is 0.315 e. The first-order valence-electron chi connectivity index (χ1n) is 14.2. The minimum Gasteiger partial charge on any atom is -0.496 e. The minimum atomic E-state index is -0.514. The van der Waals surface area contributed by atoms with E-state index >= 15 is 0 Å². The van der Waals surface area contributed by atoms with Gasteiger partial charge in [-0.1, -0.05) is 91.0 Å². The first kappa shape index (κ1) is 32.8. The molecule has 4 aromatic rings. The summed E-state index contributed by atoms with van der Waals surface area (Å²) in [4.78, 5) is 11.6. The normalized spacial score (nSPS) is 11.2. The van der Waals surface area contributed by atoms with Crippen LogP contribution < -0.4 is 24.8 Å². The second kappa shape index (κ2) is 17.9. The van der Waals surface area contributed by atoms with Gasteiger partial charge in [-0.3, -0.25) is 0 Å². The Bertz CT molecular complexity index is 1380. The largest absolute Gasteiger partial charge is 0.496 e. The molecule has 0 spiro atoms. The number of urea groups is 1. The van der Waals surface area contributed by atoms with E-state index in [9.17, 15) is 9.90 Å². The quantitative estimate of drug-likeness (QED) is 0.173. The van der Waals surface area contributed by atoms with Crippen LogP contribution in [0.25, 0.3) is 6.08 Å². The van der Waals surface area contributed by atoms with Gasteiger partial charge in [-0.2, -0.15) is 0 Å². The molecule has 0 fully saturated rings. The number of amides is 2. The number of carbonyl (C=O) groups excluding carboxylic acids is 1. The Morgan fingerprint density at radius 3 is 1.86 bits per heavy atom. The lowest BCUT2D eigenvalue weighted by molar-refractivity contribution is 0.214. The molecule has 0 bridgehead atoms. The van der Waals surface area contributed by atoms with Gasteiger partial charge in [0, 0.05) is 13.1 Å². The maximum atomic E-state index is 11.6. The summed E-state index contributed by atoms with van der Waals surface area (Å²) in [6.45, 7) is 3.10. The summed E-state index contributed by atoms with van der Waals surface area (Å²) in [6.07, 6.45) is 4.61. The molecule has 7 nitrogen and oxygen atoms in total. The Morgan fingerprint density at radius 2 is 1.30 bits per heavy atom. The van der Waals surface area contributed by atoms with Crippen molar-refractivity contribution in [1.82, 2.24) is 10.6 Å². The summed E-state index contributed by atoms with van der Waals surface area (Å²) >= 11 is 0. The predicted octanol–water partition coefficient (Wildman–Crippen LogP) is 6.71. The number of aryl methyl sites for hydroxylation is 2. The summed E-state index contributed by atoms with van der Waals surface area (Å²) < 4.78 is 15.9. The molecule has 0 saturated heterocycles. The Hall–Kier alpha value is -4.75. The Morgan fingerprint density at radius 1 is 0.721 bits per heavy atom. The van der Waals surface area contributed by atoms with Crippen molar-refractivity contribution >= 4 is 12.1 Å². The first-order valence-corrected chi connectivity index (χ1v) is 14.2. The number of benzene rings is 4. The molecule has 0 heterocycles. The van der Waals surface area contributed by atoms with Crippen LogP contribution in [0.15, 0.2) is 103 Å². The van der Waals surface area contributed by atoms with Gasteiger partial charge in [0.05, 0.1) is 27.4 Å². The number of methoxy groups -OCH3 is 3. The number of carbonyl (C=O) groups is 1. The minimum absolute atomic E-state index is 0.150. The van der Waals surface area contributed by atoms with E-state index in [1.54, 1.807) is 27.4 Å². The molecule has 4 rings (SSSR count). The molecule has 0 aliphatic carbocycles. The van der Waals surface area contributed by atoms with Crippen LogP contribution in [0.2, 0.25) is 0 Å². The van der Waals surface area contributed by atoms with Crippen LogP contribution in [0.4, 0.5) is 4.79 Å². The summed E-state index contributed by atoms with van der Waals surface area (Å²) in [5.41, 5.74) is 5.40. The van der Waals surface area contributed by atoms with Crippen LogP contribution >= 0.6 is 0 Å². The van der Waals surface area contributed by atoms with Crippen molar-refractivity contribution in [2.75, 3.05) is 21.3 Å². The van der Waals surface area contributed by atoms with Gasteiger partial charge in [-0.15, -0.1) is 0 Å². The van der Waals surface area contributed by atoms with E-state index in [4.69, 9.17) is 14.2 Å².